The van der Waals surface area contributed by atoms with E-state index in [9.17, 15) is 9.59 Å². The number of fused-ring (bicyclic) bond motifs is 3. The van der Waals surface area contributed by atoms with E-state index in [1.165, 1.54) is 0 Å². The average Bonchev–Trinajstić information content (AvgIpc) is 2.46. The molecule has 4 nitrogen and oxygen atoms in total. The van der Waals surface area contributed by atoms with Crippen molar-refractivity contribution in [2.45, 2.75) is 13.3 Å². The smallest absolute Gasteiger partial charge is 0.326 e. The quantitative estimate of drug-likeness (QED) is 0.478. The zero-order chi connectivity index (χ0) is 14.1. The fourth-order valence-electron chi connectivity index (χ4n) is 2.51. The van der Waals surface area contributed by atoms with E-state index >= 15 is 0 Å². The van der Waals surface area contributed by atoms with Crippen LogP contribution >= 0.6 is 0 Å². The normalized spacial score (nSPS) is 17.4. The summed E-state index contributed by atoms with van der Waals surface area (Å²) in [7, 11) is 0. The predicted octanol–water partition coefficient (Wildman–Crippen LogP) is 2.48. The molecule has 0 saturated heterocycles. The summed E-state index contributed by atoms with van der Waals surface area (Å²) in [5, 5.41) is 2.07. The van der Waals surface area contributed by atoms with Crippen LogP contribution in [0.1, 0.15) is 12.5 Å². The minimum atomic E-state index is -0.867. The summed E-state index contributed by atoms with van der Waals surface area (Å²) in [6.07, 6.45) is 0.328. The highest BCUT2D eigenvalue weighted by Gasteiger charge is 2.36. The van der Waals surface area contributed by atoms with E-state index in [-0.39, 0.29) is 6.61 Å². The number of carbonyl (C=O) groups is 2. The molecule has 2 aromatic rings. The summed E-state index contributed by atoms with van der Waals surface area (Å²) >= 11 is 0. The monoisotopic (exact) mass is 270 g/mol. The molecule has 0 amide bonds. The Morgan fingerprint density at radius 3 is 2.90 bits per heavy atom. The molecule has 0 radical (unpaired) electrons. The molecule has 0 fully saturated rings. The second kappa shape index (κ2) is 4.96. The molecule has 0 unspecified atom stereocenters. The second-order valence-corrected chi connectivity index (χ2v) is 4.69. The molecule has 3 rings (SSSR count). The third kappa shape index (κ3) is 2.03. The Hall–Kier alpha value is -2.36. The van der Waals surface area contributed by atoms with E-state index in [0.717, 1.165) is 16.3 Å². The Bertz CT molecular complexity index is 690. The largest absolute Gasteiger partial charge is 0.465 e. The lowest BCUT2D eigenvalue weighted by Crippen LogP contribution is -2.35. The molecule has 0 aliphatic carbocycles. The molecule has 1 atom stereocenters. The number of carbonyl (C=O) groups excluding carboxylic acids is 2. The van der Waals surface area contributed by atoms with Crippen LogP contribution in [-0.4, -0.2) is 18.5 Å². The van der Waals surface area contributed by atoms with E-state index < -0.39 is 17.9 Å². The maximum Gasteiger partial charge on any atom is 0.326 e. The van der Waals surface area contributed by atoms with Crippen LogP contribution in [0.5, 0.6) is 5.75 Å². The predicted molar refractivity (Wildman–Crippen MR) is 73.4 cm³/mol. The van der Waals surface area contributed by atoms with Crippen molar-refractivity contribution < 1.29 is 19.1 Å². The van der Waals surface area contributed by atoms with E-state index in [4.69, 9.17) is 9.47 Å². The van der Waals surface area contributed by atoms with Crippen molar-refractivity contribution in [2.75, 3.05) is 6.61 Å². The molecule has 0 spiro atoms. The van der Waals surface area contributed by atoms with Crippen molar-refractivity contribution >= 4 is 22.7 Å². The maximum atomic E-state index is 11.9. The second-order valence-electron chi connectivity index (χ2n) is 4.69. The van der Waals surface area contributed by atoms with Crippen molar-refractivity contribution in [3.63, 3.8) is 0 Å². The lowest BCUT2D eigenvalue weighted by Gasteiger charge is -2.23. The van der Waals surface area contributed by atoms with Crippen molar-refractivity contribution in [2.24, 2.45) is 5.92 Å². The molecule has 0 aromatic heterocycles. The van der Waals surface area contributed by atoms with Gasteiger partial charge in [0, 0.05) is 12.0 Å². The minimum Gasteiger partial charge on any atom is -0.465 e. The fourth-order valence-corrected chi connectivity index (χ4v) is 2.51. The minimum absolute atomic E-state index is 0.255. The van der Waals surface area contributed by atoms with Crippen LogP contribution in [-0.2, 0) is 20.7 Å². The Kier molecular flexibility index (Phi) is 3.14. The van der Waals surface area contributed by atoms with Gasteiger partial charge in [0.25, 0.3) is 0 Å². The Morgan fingerprint density at radius 1 is 1.30 bits per heavy atom. The number of hydrogen-bond acceptors (Lipinski definition) is 4. The van der Waals surface area contributed by atoms with Crippen molar-refractivity contribution in [1.29, 1.82) is 0 Å². The summed E-state index contributed by atoms with van der Waals surface area (Å²) < 4.78 is 10.2. The lowest BCUT2D eigenvalue weighted by atomic mass is 9.92. The molecule has 2 aromatic carbocycles. The van der Waals surface area contributed by atoms with Crippen LogP contribution in [0.15, 0.2) is 36.4 Å². The van der Waals surface area contributed by atoms with Gasteiger partial charge in [-0.15, -0.1) is 0 Å². The molecule has 4 heteroatoms. The van der Waals surface area contributed by atoms with Crippen LogP contribution in [0.3, 0.4) is 0 Å². The molecule has 1 aliphatic rings. The van der Waals surface area contributed by atoms with Gasteiger partial charge in [-0.1, -0.05) is 30.3 Å². The van der Waals surface area contributed by atoms with Gasteiger partial charge in [-0.05, 0) is 23.8 Å². The highest BCUT2D eigenvalue weighted by Crippen LogP contribution is 2.34. The highest BCUT2D eigenvalue weighted by molar-refractivity contribution is 5.99. The first-order chi connectivity index (χ1) is 9.70. The number of hydrogen-bond donors (Lipinski definition) is 0. The molecule has 102 valence electrons. The van der Waals surface area contributed by atoms with E-state index in [0.29, 0.717) is 12.2 Å². The number of esters is 2. The van der Waals surface area contributed by atoms with Crippen molar-refractivity contribution in [1.82, 2.24) is 0 Å². The van der Waals surface area contributed by atoms with E-state index in [1.807, 2.05) is 30.3 Å². The van der Waals surface area contributed by atoms with Crippen LogP contribution < -0.4 is 4.74 Å². The number of ether oxygens (including phenoxy) is 2. The average molecular weight is 270 g/mol. The third-order valence-electron chi connectivity index (χ3n) is 3.47. The molecule has 1 aliphatic heterocycles. The first-order valence-electron chi connectivity index (χ1n) is 6.59. The Labute approximate surface area is 116 Å². The number of benzene rings is 2. The van der Waals surface area contributed by atoms with Gasteiger partial charge in [0.05, 0.1) is 6.61 Å². The Morgan fingerprint density at radius 2 is 2.10 bits per heavy atom. The molecular formula is C16H14O4. The van der Waals surface area contributed by atoms with Gasteiger partial charge < -0.3 is 9.47 Å². The van der Waals surface area contributed by atoms with Gasteiger partial charge in [-0.25, -0.2) is 0 Å². The lowest BCUT2D eigenvalue weighted by molar-refractivity contribution is -0.157. The standard InChI is InChI=1S/C16H14O4/c1-2-19-15(17)13-9-12-11-6-4-3-5-10(11)7-8-14(12)20-16(13)18/h3-8,13H,2,9H2,1H3/t13-/m0/s1. The van der Waals surface area contributed by atoms with Gasteiger partial charge in [-0.2, -0.15) is 0 Å². The zero-order valence-corrected chi connectivity index (χ0v) is 11.1. The first-order valence-corrected chi connectivity index (χ1v) is 6.59. The van der Waals surface area contributed by atoms with E-state index in [2.05, 4.69) is 0 Å². The highest BCUT2D eigenvalue weighted by atomic mass is 16.6. The van der Waals surface area contributed by atoms with Crippen LogP contribution in [0.25, 0.3) is 10.8 Å². The zero-order valence-electron chi connectivity index (χ0n) is 11.1. The SMILES string of the molecule is CCOC(=O)[C@@H]1Cc2c(ccc3ccccc23)OC1=O. The van der Waals surface area contributed by atoms with Crippen molar-refractivity contribution in [3.8, 4) is 5.75 Å². The summed E-state index contributed by atoms with van der Waals surface area (Å²) in [6, 6.07) is 11.5. The topological polar surface area (TPSA) is 52.6 Å². The fraction of sp³-hybridized carbons (Fsp3) is 0.250. The van der Waals surface area contributed by atoms with E-state index in [1.54, 1.807) is 13.0 Å². The number of rotatable bonds is 2. The maximum absolute atomic E-state index is 11.9. The molecule has 0 saturated carbocycles. The van der Waals surface area contributed by atoms with Gasteiger partial charge >= 0.3 is 11.9 Å². The molecule has 1 heterocycles. The van der Waals surface area contributed by atoms with Gasteiger partial charge in [-0.3, -0.25) is 9.59 Å². The summed E-state index contributed by atoms with van der Waals surface area (Å²) in [6.45, 7) is 1.97. The molecule has 0 bridgehead atoms. The molecule has 0 N–H and O–H groups in total. The van der Waals surface area contributed by atoms with Crippen molar-refractivity contribution in [3.05, 3.63) is 42.0 Å². The first kappa shape index (κ1) is 12.7. The summed E-state index contributed by atoms with van der Waals surface area (Å²) in [5.41, 5.74) is 0.890. The van der Waals surface area contributed by atoms with Gasteiger partial charge in [0.2, 0.25) is 0 Å². The molecular weight excluding hydrogens is 256 g/mol. The van der Waals surface area contributed by atoms with Crippen LogP contribution in [0.2, 0.25) is 0 Å². The summed E-state index contributed by atoms with van der Waals surface area (Å²) in [5.74, 6) is -1.38. The van der Waals surface area contributed by atoms with Crippen LogP contribution in [0.4, 0.5) is 0 Å². The molecule has 20 heavy (non-hydrogen) atoms. The van der Waals surface area contributed by atoms with Crippen LogP contribution in [0, 0.1) is 5.92 Å². The Balaban J connectivity index is 2.05. The summed E-state index contributed by atoms with van der Waals surface area (Å²) in [4.78, 5) is 23.7. The van der Waals surface area contributed by atoms with Gasteiger partial charge in [0.1, 0.15) is 5.75 Å². The van der Waals surface area contributed by atoms with Gasteiger partial charge in [0.15, 0.2) is 5.92 Å². The third-order valence-corrected chi connectivity index (χ3v) is 3.47.